The van der Waals surface area contributed by atoms with Gasteiger partial charge in [-0.25, -0.2) is 0 Å². The summed E-state index contributed by atoms with van der Waals surface area (Å²) in [5.41, 5.74) is 4.05. The molecule has 138 valence electrons. The molecule has 1 atom stereocenters. The van der Waals surface area contributed by atoms with Crippen LogP contribution >= 0.6 is 0 Å². The van der Waals surface area contributed by atoms with Crippen LogP contribution < -0.4 is 5.32 Å². The van der Waals surface area contributed by atoms with Gasteiger partial charge in [0.15, 0.2) is 0 Å². The first-order valence-corrected chi connectivity index (χ1v) is 9.75. The van der Waals surface area contributed by atoms with Crippen LogP contribution in [-0.4, -0.2) is 41.7 Å². The van der Waals surface area contributed by atoms with Crippen LogP contribution in [0.1, 0.15) is 48.8 Å². The third-order valence-corrected chi connectivity index (χ3v) is 5.69. The minimum atomic E-state index is -0.197. The third-order valence-electron chi connectivity index (χ3n) is 5.69. The molecule has 3 rings (SSSR count). The average molecular weight is 344 g/mol. The number of nitrogens with one attached hydrogen (secondary N) is 1. The Balaban J connectivity index is 1.41. The summed E-state index contributed by atoms with van der Waals surface area (Å²) in [5.74, 6) is 0.861. The fourth-order valence-corrected chi connectivity index (χ4v) is 4.37. The molecule has 0 spiro atoms. The molecule has 0 radical (unpaired) electrons. The monoisotopic (exact) mass is 344 g/mol. The summed E-state index contributed by atoms with van der Waals surface area (Å²) in [5, 5.41) is 12.7. The Kier molecular flexibility index (Phi) is 6.13. The van der Waals surface area contributed by atoms with E-state index in [-0.39, 0.29) is 17.9 Å². The molecule has 1 aliphatic carbocycles. The Morgan fingerprint density at radius 2 is 1.80 bits per heavy atom. The molecule has 1 amide bonds. The molecule has 0 bridgehead atoms. The number of nitrogens with zero attached hydrogens (tertiary/aromatic N) is 1. The van der Waals surface area contributed by atoms with E-state index in [0.717, 1.165) is 58.3 Å². The van der Waals surface area contributed by atoms with Crippen molar-refractivity contribution in [2.75, 3.05) is 19.6 Å². The molecular formula is C21H32N2O2. The number of amides is 1. The highest BCUT2D eigenvalue weighted by Crippen LogP contribution is 2.25. The van der Waals surface area contributed by atoms with Crippen LogP contribution in [0.5, 0.6) is 0 Å². The van der Waals surface area contributed by atoms with Crippen molar-refractivity contribution in [2.45, 2.75) is 58.6 Å². The van der Waals surface area contributed by atoms with Gasteiger partial charge in [-0.3, -0.25) is 9.69 Å². The van der Waals surface area contributed by atoms with E-state index in [4.69, 9.17) is 0 Å². The second kappa shape index (κ2) is 8.33. The summed E-state index contributed by atoms with van der Waals surface area (Å²) in [6, 6.07) is 6.77. The lowest BCUT2D eigenvalue weighted by atomic mass is 9.87. The predicted octanol–water partition coefficient (Wildman–Crippen LogP) is 2.79. The summed E-state index contributed by atoms with van der Waals surface area (Å²) in [4.78, 5) is 14.8. The number of benzene rings is 1. The molecule has 2 N–H and O–H groups in total. The van der Waals surface area contributed by atoms with Gasteiger partial charge in [0.1, 0.15) is 0 Å². The maximum atomic E-state index is 12.3. The first-order valence-electron chi connectivity index (χ1n) is 9.75. The number of carbonyl (C=O) groups is 1. The number of likely N-dealkylation sites (tertiary alicyclic amines) is 1. The quantitative estimate of drug-likeness (QED) is 0.864. The Hall–Kier alpha value is -1.39. The van der Waals surface area contributed by atoms with E-state index in [1.54, 1.807) is 0 Å². The SMILES string of the molecule is Cc1cc(C)cc(CN2CC[C@H](CNC(=O)C3CCC(O)CC3)C2)c1. The summed E-state index contributed by atoms with van der Waals surface area (Å²) in [7, 11) is 0. The zero-order chi connectivity index (χ0) is 17.8. The van der Waals surface area contributed by atoms with Crippen LogP contribution in [-0.2, 0) is 11.3 Å². The van der Waals surface area contributed by atoms with E-state index in [9.17, 15) is 9.90 Å². The van der Waals surface area contributed by atoms with Gasteiger partial charge in [-0.15, -0.1) is 0 Å². The molecule has 1 heterocycles. The fourth-order valence-electron chi connectivity index (χ4n) is 4.37. The number of rotatable bonds is 5. The predicted molar refractivity (Wildman–Crippen MR) is 100 cm³/mol. The smallest absolute Gasteiger partial charge is 0.223 e. The van der Waals surface area contributed by atoms with Crippen LogP contribution in [0, 0.1) is 25.7 Å². The lowest BCUT2D eigenvalue weighted by Crippen LogP contribution is -2.37. The van der Waals surface area contributed by atoms with E-state index in [1.165, 1.54) is 16.7 Å². The van der Waals surface area contributed by atoms with Crippen LogP contribution in [0.15, 0.2) is 18.2 Å². The standard InChI is InChI=1S/C21H32N2O2/c1-15-9-16(2)11-18(10-15)14-23-8-7-17(13-23)12-22-21(25)19-3-5-20(24)6-4-19/h9-11,17,19-20,24H,3-8,12-14H2,1-2H3,(H,22,25)/t17-,19?,20?/m1/s1. The van der Waals surface area contributed by atoms with E-state index >= 15 is 0 Å². The Labute approximate surface area is 151 Å². The van der Waals surface area contributed by atoms with Gasteiger partial charge < -0.3 is 10.4 Å². The van der Waals surface area contributed by atoms with E-state index in [1.807, 2.05) is 0 Å². The van der Waals surface area contributed by atoms with E-state index in [0.29, 0.717) is 5.92 Å². The number of carbonyl (C=O) groups excluding carboxylic acids is 1. The molecule has 0 unspecified atom stereocenters. The number of aryl methyl sites for hydroxylation is 2. The van der Waals surface area contributed by atoms with Gasteiger partial charge in [0.05, 0.1) is 6.10 Å². The lowest BCUT2D eigenvalue weighted by molar-refractivity contribution is -0.126. The van der Waals surface area contributed by atoms with Crippen LogP contribution in [0.4, 0.5) is 0 Å². The van der Waals surface area contributed by atoms with Gasteiger partial charge in [-0.1, -0.05) is 29.3 Å². The molecule has 1 aromatic rings. The highest BCUT2D eigenvalue weighted by atomic mass is 16.3. The molecule has 0 aromatic heterocycles. The van der Waals surface area contributed by atoms with Gasteiger partial charge in [-0.05, 0) is 64.0 Å². The van der Waals surface area contributed by atoms with Crippen molar-refractivity contribution in [3.8, 4) is 0 Å². The van der Waals surface area contributed by atoms with Crippen LogP contribution in [0.3, 0.4) is 0 Å². The van der Waals surface area contributed by atoms with Gasteiger partial charge in [0.2, 0.25) is 5.91 Å². The Bertz CT molecular complexity index is 573. The first-order chi connectivity index (χ1) is 12.0. The summed E-state index contributed by atoms with van der Waals surface area (Å²) >= 11 is 0. The molecule has 25 heavy (non-hydrogen) atoms. The van der Waals surface area contributed by atoms with Crippen molar-refractivity contribution in [3.63, 3.8) is 0 Å². The van der Waals surface area contributed by atoms with Gasteiger partial charge >= 0.3 is 0 Å². The summed E-state index contributed by atoms with van der Waals surface area (Å²) in [6.45, 7) is 8.29. The largest absolute Gasteiger partial charge is 0.393 e. The van der Waals surface area contributed by atoms with Crippen molar-refractivity contribution in [2.24, 2.45) is 11.8 Å². The molecule has 1 aromatic carbocycles. The Morgan fingerprint density at radius 1 is 1.12 bits per heavy atom. The van der Waals surface area contributed by atoms with E-state index < -0.39 is 0 Å². The summed E-state index contributed by atoms with van der Waals surface area (Å²) in [6.07, 6.45) is 4.16. The second-order valence-corrected chi connectivity index (χ2v) is 8.14. The Morgan fingerprint density at radius 3 is 2.48 bits per heavy atom. The fraction of sp³-hybridized carbons (Fsp3) is 0.667. The van der Waals surface area contributed by atoms with Crippen LogP contribution in [0.2, 0.25) is 0 Å². The maximum Gasteiger partial charge on any atom is 0.223 e. The van der Waals surface area contributed by atoms with Crippen molar-refractivity contribution in [1.82, 2.24) is 10.2 Å². The number of aliphatic hydroxyl groups is 1. The molecular weight excluding hydrogens is 312 g/mol. The number of hydrogen-bond acceptors (Lipinski definition) is 3. The highest BCUT2D eigenvalue weighted by molar-refractivity contribution is 5.78. The molecule has 4 heteroatoms. The normalized spacial score (nSPS) is 27.4. The minimum absolute atomic E-state index is 0.108. The molecule has 1 saturated carbocycles. The first kappa shape index (κ1) is 18.4. The van der Waals surface area contributed by atoms with Gasteiger partial charge in [0, 0.05) is 25.6 Å². The molecule has 2 aliphatic rings. The van der Waals surface area contributed by atoms with Crippen molar-refractivity contribution >= 4 is 5.91 Å². The molecule has 1 saturated heterocycles. The van der Waals surface area contributed by atoms with E-state index in [2.05, 4.69) is 42.3 Å². The maximum absolute atomic E-state index is 12.3. The molecule has 4 nitrogen and oxygen atoms in total. The lowest BCUT2D eigenvalue weighted by Gasteiger charge is -2.25. The highest BCUT2D eigenvalue weighted by Gasteiger charge is 2.27. The van der Waals surface area contributed by atoms with Crippen molar-refractivity contribution in [3.05, 3.63) is 34.9 Å². The molecule has 2 fully saturated rings. The number of aliphatic hydroxyl groups excluding tert-OH is 1. The third kappa shape index (κ3) is 5.29. The van der Waals surface area contributed by atoms with Crippen molar-refractivity contribution in [1.29, 1.82) is 0 Å². The van der Waals surface area contributed by atoms with Crippen molar-refractivity contribution < 1.29 is 9.90 Å². The topological polar surface area (TPSA) is 52.6 Å². The zero-order valence-corrected chi connectivity index (χ0v) is 15.6. The van der Waals surface area contributed by atoms with Crippen LogP contribution in [0.25, 0.3) is 0 Å². The second-order valence-electron chi connectivity index (χ2n) is 8.14. The zero-order valence-electron chi connectivity index (χ0n) is 15.6. The molecule has 1 aliphatic heterocycles. The van der Waals surface area contributed by atoms with Gasteiger partial charge in [0.25, 0.3) is 0 Å². The minimum Gasteiger partial charge on any atom is -0.393 e. The summed E-state index contributed by atoms with van der Waals surface area (Å²) < 4.78 is 0. The van der Waals surface area contributed by atoms with Gasteiger partial charge in [-0.2, -0.15) is 0 Å². The number of hydrogen-bond donors (Lipinski definition) is 2. The average Bonchev–Trinajstić information content (AvgIpc) is 2.99.